The maximum absolute atomic E-state index is 12.4. The third-order valence-corrected chi connectivity index (χ3v) is 5.59. The molecule has 0 aliphatic carbocycles. The Morgan fingerprint density at radius 2 is 2.00 bits per heavy atom. The van der Waals surface area contributed by atoms with E-state index in [0.29, 0.717) is 23.5 Å². The van der Waals surface area contributed by atoms with Crippen molar-refractivity contribution in [3.63, 3.8) is 0 Å². The molecule has 3 aromatic rings. The minimum absolute atomic E-state index is 0.00440. The van der Waals surface area contributed by atoms with E-state index in [9.17, 15) is 9.59 Å². The van der Waals surface area contributed by atoms with E-state index in [-0.39, 0.29) is 11.6 Å². The Balaban J connectivity index is 1.32. The molecule has 0 radical (unpaired) electrons. The van der Waals surface area contributed by atoms with Crippen molar-refractivity contribution >= 4 is 22.6 Å². The zero-order valence-corrected chi connectivity index (χ0v) is 16.1. The SMILES string of the molecule is Cc1ccccc1[C@@H]1CCCN(CCC(=O)Nc2ccc3[nH]c(=O)[nH]c3c2)C1. The number of anilines is 1. The number of fused-ring (bicyclic) bond motifs is 1. The van der Waals surface area contributed by atoms with Gasteiger partial charge in [0.15, 0.2) is 0 Å². The Morgan fingerprint density at radius 3 is 2.86 bits per heavy atom. The molecule has 0 saturated carbocycles. The van der Waals surface area contributed by atoms with Crippen LogP contribution in [-0.4, -0.2) is 40.4 Å². The van der Waals surface area contributed by atoms with Crippen LogP contribution in [0.2, 0.25) is 0 Å². The summed E-state index contributed by atoms with van der Waals surface area (Å²) in [4.78, 5) is 31.5. The molecule has 6 heteroatoms. The molecule has 0 unspecified atom stereocenters. The number of nitrogens with zero attached hydrogens (tertiary/aromatic N) is 1. The number of carbonyl (C=O) groups excluding carboxylic acids is 1. The minimum atomic E-state index is -0.244. The van der Waals surface area contributed by atoms with Crippen molar-refractivity contribution in [2.45, 2.75) is 32.1 Å². The standard InChI is InChI=1S/C22H26N4O2/c1-15-5-2-3-7-18(15)16-6-4-11-26(14-16)12-10-21(27)23-17-8-9-19-20(13-17)25-22(28)24-19/h2-3,5,7-9,13,16H,4,6,10-12,14H2,1H3,(H,23,27)(H2,24,25,28)/t16-/m1/s1. The van der Waals surface area contributed by atoms with Gasteiger partial charge in [0.05, 0.1) is 11.0 Å². The molecular weight excluding hydrogens is 352 g/mol. The number of benzene rings is 2. The van der Waals surface area contributed by atoms with E-state index in [4.69, 9.17) is 0 Å². The van der Waals surface area contributed by atoms with Crippen LogP contribution < -0.4 is 11.0 Å². The summed E-state index contributed by atoms with van der Waals surface area (Å²) in [6.07, 6.45) is 2.84. The number of piperidine rings is 1. The molecule has 0 bridgehead atoms. The first-order chi connectivity index (χ1) is 13.6. The minimum Gasteiger partial charge on any atom is -0.326 e. The second-order valence-electron chi connectivity index (χ2n) is 7.63. The number of likely N-dealkylation sites (tertiary alicyclic amines) is 1. The highest BCUT2D eigenvalue weighted by Crippen LogP contribution is 2.29. The number of carbonyl (C=O) groups is 1. The van der Waals surface area contributed by atoms with Crippen LogP contribution in [0.15, 0.2) is 47.3 Å². The topological polar surface area (TPSA) is 81.0 Å². The molecule has 6 nitrogen and oxygen atoms in total. The van der Waals surface area contributed by atoms with Crippen LogP contribution in [0.1, 0.15) is 36.3 Å². The molecule has 1 fully saturated rings. The lowest BCUT2D eigenvalue weighted by atomic mass is 9.88. The lowest BCUT2D eigenvalue weighted by Crippen LogP contribution is -2.36. The molecule has 2 heterocycles. The summed E-state index contributed by atoms with van der Waals surface area (Å²) < 4.78 is 0. The van der Waals surface area contributed by atoms with Crippen LogP contribution in [0, 0.1) is 6.92 Å². The van der Waals surface area contributed by atoms with Gasteiger partial charge in [0, 0.05) is 25.2 Å². The van der Waals surface area contributed by atoms with Gasteiger partial charge in [-0.3, -0.25) is 4.79 Å². The molecule has 4 rings (SSSR count). The lowest BCUT2D eigenvalue weighted by molar-refractivity contribution is -0.116. The number of aromatic nitrogens is 2. The van der Waals surface area contributed by atoms with E-state index < -0.39 is 0 Å². The molecule has 1 aromatic heterocycles. The molecule has 1 aliphatic heterocycles. The van der Waals surface area contributed by atoms with Gasteiger partial charge in [-0.25, -0.2) is 4.79 Å². The van der Waals surface area contributed by atoms with Gasteiger partial charge in [0.2, 0.25) is 5.91 Å². The van der Waals surface area contributed by atoms with Gasteiger partial charge in [-0.15, -0.1) is 0 Å². The number of aromatic amines is 2. The van der Waals surface area contributed by atoms with Crippen LogP contribution >= 0.6 is 0 Å². The van der Waals surface area contributed by atoms with Crippen LogP contribution in [0.25, 0.3) is 11.0 Å². The zero-order chi connectivity index (χ0) is 19.5. The summed E-state index contributed by atoms with van der Waals surface area (Å²) in [6.45, 7) is 4.99. The number of hydrogen-bond donors (Lipinski definition) is 3. The van der Waals surface area contributed by atoms with Crippen LogP contribution in [0.3, 0.4) is 0 Å². The average molecular weight is 378 g/mol. The summed E-state index contributed by atoms with van der Waals surface area (Å²) in [5.41, 5.74) is 4.67. The van der Waals surface area contributed by atoms with Crippen LogP contribution in [-0.2, 0) is 4.79 Å². The predicted molar refractivity (Wildman–Crippen MR) is 112 cm³/mol. The van der Waals surface area contributed by atoms with Crippen molar-refractivity contribution in [3.05, 3.63) is 64.1 Å². The molecule has 1 atom stereocenters. The van der Waals surface area contributed by atoms with Crippen molar-refractivity contribution in [1.82, 2.24) is 14.9 Å². The van der Waals surface area contributed by atoms with Crippen LogP contribution in [0.5, 0.6) is 0 Å². The van der Waals surface area contributed by atoms with Gasteiger partial charge in [-0.2, -0.15) is 0 Å². The largest absolute Gasteiger partial charge is 0.326 e. The number of rotatable bonds is 5. The maximum Gasteiger partial charge on any atom is 0.323 e. The Labute approximate surface area is 164 Å². The summed E-state index contributed by atoms with van der Waals surface area (Å²) in [6, 6.07) is 14.0. The van der Waals surface area contributed by atoms with Gasteiger partial charge in [0.1, 0.15) is 0 Å². The highest BCUT2D eigenvalue weighted by molar-refractivity contribution is 5.93. The predicted octanol–water partition coefficient (Wildman–Crippen LogP) is 3.37. The first kappa shape index (κ1) is 18.5. The molecule has 28 heavy (non-hydrogen) atoms. The zero-order valence-electron chi connectivity index (χ0n) is 16.1. The molecule has 0 spiro atoms. The summed E-state index contributed by atoms with van der Waals surface area (Å²) >= 11 is 0. The molecule has 1 aliphatic rings. The van der Waals surface area contributed by atoms with Gasteiger partial charge in [0.25, 0.3) is 0 Å². The summed E-state index contributed by atoms with van der Waals surface area (Å²) in [5.74, 6) is 0.543. The monoisotopic (exact) mass is 378 g/mol. The van der Waals surface area contributed by atoms with Crippen molar-refractivity contribution in [1.29, 1.82) is 0 Å². The van der Waals surface area contributed by atoms with E-state index in [1.54, 1.807) is 18.2 Å². The van der Waals surface area contributed by atoms with E-state index in [1.165, 1.54) is 17.5 Å². The first-order valence-electron chi connectivity index (χ1n) is 9.88. The van der Waals surface area contributed by atoms with E-state index in [0.717, 1.165) is 31.6 Å². The number of hydrogen-bond acceptors (Lipinski definition) is 3. The summed E-state index contributed by atoms with van der Waals surface area (Å²) in [5, 5.41) is 2.93. The first-order valence-corrected chi connectivity index (χ1v) is 9.88. The van der Waals surface area contributed by atoms with Gasteiger partial charge < -0.3 is 20.2 Å². The molecule has 1 amide bonds. The average Bonchev–Trinajstić information content (AvgIpc) is 3.06. The highest BCUT2D eigenvalue weighted by Gasteiger charge is 2.22. The smallest absolute Gasteiger partial charge is 0.323 e. The quantitative estimate of drug-likeness (QED) is 0.637. The van der Waals surface area contributed by atoms with E-state index in [2.05, 4.69) is 51.4 Å². The Morgan fingerprint density at radius 1 is 1.18 bits per heavy atom. The molecule has 146 valence electrons. The number of nitrogens with one attached hydrogen (secondary N) is 3. The van der Waals surface area contributed by atoms with Crippen molar-refractivity contribution in [3.8, 4) is 0 Å². The molecule has 1 saturated heterocycles. The van der Waals surface area contributed by atoms with Crippen LogP contribution in [0.4, 0.5) is 5.69 Å². The fraction of sp³-hybridized carbons (Fsp3) is 0.364. The fourth-order valence-corrected chi connectivity index (χ4v) is 4.15. The lowest BCUT2D eigenvalue weighted by Gasteiger charge is -2.33. The molecular formula is C22H26N4O2. The van der Waals surface area contributed by atoms with Crippen molar-refractivity contribution < 1.29 is 4.79 Å². The Kier molecular flexibility index (Phi) is 5.30. The Bertz CT molecular complexity index is 1040. The number of amides is 1. The van der Waals surface area contributed by atoms with Crippen molar-refractivity contribution in [2.75, 3.05) is 25.0 Å². The normalized spacial score (nSPS) is 17.7. The number of imidazole rings is 1. The second kappa shape index (κ2) is 8.02. The third kappa shape index (κ3) is 4.17. The van der Waals surface area contributed by atoms with Gasteiger partial charge in [-0.1, -0.05) is 24.3 Å². The fourth-order valence-electron chi connectivity index (χ4n) is 4.15. The molecule has 3 N–H and O–H groups in total. The molecule has 2 aromatic carbocycles. The third-order valence-electron chi connectivity index (χ3n) is 5.59. The summed E-state index contributed by atoms with van der Waals surface area (Å²) in [7, 11) is 0. The highest BCUT2D eigenvalue weighted by atomic mass is 16.1. The van der Waals surface area contributed by atoms with Gasteiger partial charge >= 0.3 is 5.69 Å². The Hall–Kier alpha value is -2.86. The number of aryl methyl sites for hydroxylation is 1. The second-order valence-corrected chi connectivity index (χ2v) is 7.63. The van der Waals surface area contributed by atoms with Crippen molar-refractivity contribution in [2.24, 2.45) is 0 Å². The maximum atomic E-state index is 12.4. The van der Waals surface area contributed by atoms with E-state index >= 15 is 0 Å². The number of H-pyrrole nitrogens is 2. The van der Waals surface area contributed by atoms with E-state index in [1.807, 2.05) is 0 Å². The van der Waals surface area contributed by atoms with Gasteiger partial charge in [-0.05, 0) is 61.6 Å².